The Labute approximate surface area is 96.7 Å². The van der Waals surface area contributed by atoms with Gasteiger partial charge >= 0.3 is 5.97 Å². The van der Waals surface area contributed by atoms with Crippen LogP contribution in [0.15, 0.2) is 11.6 Å². The zero-order valence-corrected chi connectivity index (χ0v) is 9.86. The molecule has 2 nitrogen and oxygen atoms in total. The third-order valence-electron chi connectivity index (χ3n) is 5.08. The highest BCUT2D eigenvalue weighted by Crippen LogP contribution is 2.56. The first-order valence-corrected chi connectivity index (χ1v) is 6.55. The first-order valence-electron chi connectivity index (χ1n) is 6.55. The van der Waals surface area contributed by atoms with Gasteiger partial charge in [-0.2, -0.15) is 0 Å². The van der Waals surface area contributed by atoms with Gasteiger partial charge in [0.25, 0.3) is 0 Å². The molecule has 2 heteroatoms. The van der Waals surface area contributed by atoms with Gasteiger partial charge in [-0.15, -0.1) is 0 Å². The molecular weight excluding hydrogens is 200 g/mol. The van der Waals surface area contributed by atoms with E-state index in [2.05, 4.69) is 6.08 Å². The molecule has 0 amide bonds. The molecule has 4 aliphatic carbocycles. The van der Waals surface area contributed by atoms with Gasteiger partial charge in [-0.3, -0.25) is 0 Å². The van der Waals surface area contributed by atoms with Gasteiger partial charge in [-0.05, 0) is 68.6 Å². The van der Waals surface area contributed by atoms with E-state index in [1.165, 1.54) is 32.1 Å². The van der Waals surface area contributed by atoms with Gasteiger partial charge in [0.05, 0.1) is 0 Å². The molecule has 4 aliphatic rings. The molecule has 16 heavy (non-hydrogen) atoms. The molecular formula is C14H20O2. The maximum atomic E-state index is 10.9. The monoisotopic (exact) mass is 220 g/mol. The van der Waals surface area contributed by atoms with Crippen molar-refractivity contribution in [3.05, 3.63) is 11.6 Å². The minimum absolute atomic E-state index is 0.553. The average Bonchev–Trinajstić information content (AvgIpc) is 2.21. The highest BCUT2D eigenvalue weighted by molar-refractivity contribution is 5.85. The summed E-state index contributed by atoms with van der Waals surface area (Å²) in [6, 6.07) is 0. The van der Waals surface area contributed by atoms with Gasteiger partial charge in [0.1, 0.15) is 0 Å². The lowest BCUT2D eigenvalue weighted by Gasteiger charge is -2.53. The van der Waals surface area contributed by atoms with E-state index in [1.807, 2.05) is 0 Å². The largest absolute Gasteiger partial charge is 0.478 e. The van der Waals surface area contributed by atoms with Crippen molar-refractivity contribution in [2.45, 2.75) is 39.0 Å². The van der Waals surface area contributed by atoms with Crippen LogP contribution in [0.25, 0.3) is 0 Å². The van der Waals surface area contributed by atoms with Crippen LogP contribution in [-0.4, -0.2) is 11.1 Å². The zero-order chi connectivity index (χ0) is 11.3. The molecule has 4 rings (SSSR count). The number of rotatable bonds is 2. The fraction of sp³-hybridized carbons (Fsp3) is 0.786. The van der Waals surface area contributed by atoms with Crippen molar-refractivity contribution in [3.8, 4) is 0 Å². The molecule has 0 spiro atoms. The Bertz CT molecular complexity index is 315. The van der Waals surface area contributed by atoms with Crippen molar-refractivity contribution >= 4 is 5.97 Å². The van der Waals surface area contributed by atoms with E-state index >= 15 is 0 Å². The van der Waals surface area contributed by atoms with Crippen LogP contribution in [0.1, 0.15) is 39.0 Å². The lowest BCUT2D eigenvalue weighted by Crippen LogP contribution is -2.44. The summed E-state index contributed by atoms with van der Waals surface area (Å²) in [5.41, 5.74) is 0.553. The summed E-state index contributed by atoms with van der Waals surface area (Å²) in [5, 5.41) is 8.97. The first-order chi connectivity index (χ1) is 7.63. The van der Waals surface area contributed by atoms with Crippen LogP contribution in [0.5, 0.6) is 0 Å². The Balaban J connectivity index is 1.82. The number of carbonyl (C=O) groups is 1. The SMILES string of the molecule is CC(=CC1C2CC3CC(C2)CC1C3)C(=O)O. The second kappa shape index (κ2) is 3.61. The number of carboxylic acids is 1. The standard InChI is InChI=1S/C14H20O2/c1-8(14(15)16)2-13-11-4-9-3-10(6-11)7-12(13)5-9/h2,9-13H,3-7H2,1H3,(H,15,16). The van der Waals surface area contributed by atoms with E-state index < -0.39 is 5.97 Å². The molecule has 1 N–H and O–H groups in total. The average molecular weight is 220 g/mol. The van der Waals surface area contributed by atoms with E-state index in [9.17, 15) is 4.79 Å². The summed E-state index contributed by atoms with van der Waals surface area (Å²) in [4.78, 5) is 10.9. The fourth-order valence-electron chi connectivity index (χ4n) is 4.60. The van der Waals surface area contributed by atoms with Crippen LogP contribution < -0.4 is 0 Å². The molecule has 4 fully saturated rings. The van der Waals surface area contributed by atoms with Crippen molar-refractivity contribution in [1.82, 2.24) is 0 Å². The lowest BCUT2D eigenvalue weighted by atomic mass is 9.52. The van der Waals surface area contributed by atoms with Crippen LogP contribution in [0.4, 0.5) is 0 Å². The molecule has 4 saturated carbocycles. The molecule has 0 aromatic carbocycles. The molecule has 88 valence electrons. The van der Waals surface area contributed by atoms with E-state index in [-0.39, 0.29) is 0 Å². The molecule has 4 bridgehead atoms. The quantitative estimate of drug-likeness (QED) is 0.726. The molecule has 0 saturated heterocycles. The number of aliphatic carboxylic acids is 1. The fourth-order valence-corrected chi connectivity index (χ4v) is 4.60. The van der Waals surface area contributed by atoms with E-state index in [0.717, 1.165) is 23.7 Å². The number of hydrogen-bond acceptors (Lipinski definition) is 1. The summed E-state index contributed by atoms with van der Waals surface area (Å²) in [5.74, 6) is 3.36. The van der Waals surface area contributed by atoms with Crippen molar-refractivity contribution in [3.63, 3.8) is 0 Å². The lowest BCUT2D eigenvalue weighted by molar-refractivity contribution is -0.132. The van der Waals surface area contributed by atoms with Crippen molar-refractivity contribution < 1.29 is 9.90 Å². The molecule has 0 aromatic rings. The van der Waals surface area contributed by atoms with Crippen molar-refractivity contribution in [2.75, 3.05) is 0 Å². The summed E-state index contributed by atoms with van der Waals surface area (Å²) in [6.45, 7) is 1.74. The van der Waals surface area contributed by atoms with Gasteiger partial charge in [0.15, 0.2) is 0 Å². The number of allylic oxidation sites excluding steroid dienone is 1. The molecule has 0 atom stereocenters. The minimum Gasteiger partial charge on any atom is -0.478 e. The molecule has 0 unspecified atom stereocenters. The topological polar surface area (TPSA) is 37.3 Å². The zero-order valence-electron chi connectivity index (χ0n) is 9.86. The van der Waals surface area contributed by atoms with Gasteiger partial charge in [-0.25, -0.2) is 4.79 Å². The third-order valence-corrected chi connectivity index (χ3v) is 5.08. The van der Waals surface area contributed by atoms with E-state index in [4.69, 9.17) is 5.11 Å². The second-order valence-corrected chi connectivity index (χ2v) is 6.16. The third kappa shape index (κ3) is 1.59. The maximum absolute atomic E-state index is 10.9. The maximum Gasteiger partial charge on any atom is 0.330 e. The van der Waals surface area contributed by atoms with Gasteiger partial charge in [-0.1, -0.05) is 6.08 Å². The van der Waals surface area contributed by atoms with Crippen LogP contribution in [0, 0.1) is 29.6 Å². The predicted molar refractivity (Wildman–Crippen MR) is 61.9 cm³/mol. The van der Waals surface area contributed by atoms with Gasteiger partial charge in [0.2, 0.25) is 0 Å². The molecule has 0 aliphatic heterocycles. The van der Waals surface area contributed by atoms with E-state index in [1.54, 1.807) is 6.92 Å². The summed E-state index contributed by atoms with van der Waals surface area (Å²) in [7, 11) is 0. The first kappa shape index (κ1) is 10.4. The Morgan fingerprint density at radius 3 is 2.00 bits per heavy atom. The summed E-state index contributed by atoms with van der Waals surface area (Å²) in [6.07, 6.45) is 8.97. The number of carboxylic acid groups (broad SMARTS) is 1. The van der Waals surface area contributed by atoms with Gasteiger partial charge < -0.3 is 5.11 Å². The minimum atomic E-state index is -0.742. The highest BCUT2D eigenvalue weighted by Gasteiger charge is 2.47. The van der Waals surface area contributed by atoms with Crippen molar-refractivity contribution in [2.24, 2.45) is 29.6 Å². The van der Waals surface area contributed by atoms with Crippen LogP contribution in [-0.2, 0) is 4.79 Å². The Hall–Kier alpha value is -0.790. The summed E-state index contributed by atoms with van der Waals surface area (Å²) < 4.78 is 0. The Morgan fingerprint density at radius 1 is 1.06 bits per heavy atom. The van der Waals surface area contributed by atoms with Crippen LogP contribution in [0.2, 0.25) is 0 Å². The van der Waals surface area contributed by atoms with Crippen molar-refractivity contribution in [1.29, 1.82) is 0 Å². The normalized spacial score (nSPS) is 46.1. The Morgan fingerprint density at radius 2 is 1.56 bits per heavy atom. The molecule has 0 aromatic heterocycles. The second-order valence-electron chi connectivity index (χ2n) is 6.16. The molecule has 0 heterocycles. The predicted octanol–water partition coefficient (Wildman–Crippen LogP) is 3.09. The Kier molecular flexibility index (Phi) is 2.34. The smallest absolute Gasteiger partial charge is 0.330 e. The molecule has 0 radical (unpaired) electrons. The summed E-state index contributed by atoms with van der Waals surface area (Å²) >= 11 is 0. The van der Waals surface area contributed by atoms with Crippen LogP contribution in [0.3, 0.4) is 0 Å². The highest BCUT2D eigenvalue weighted by atomic mass is 16.4. The van der Waals surface area contributed by atoms with Gasteiger partial charge in [0, 0.05) is 5.57 Å². The number of hydrogen-bond donors (Lipinski definition) is 1. The van der Waals surface area contributed by atoms with E-state index in [0.29, 0.717) is 11.5 Å². The van der Waals surface area contributed by atoms with Crippen LogP contribution >= 0.6 is 0 Å².